The highest BCUT2D eigenvalue weighted by Gasteiger charge is 2.24. The zero-order valence-corrected chi connectivity index (χ0v) is 18.5. The van der Waals surface area contributed by atoms with Crippen LogP contribution >= 0.6 is 0 Å². The number of anilines is 1. The van der Waals surface area contributed by atoms with Crippen molar-refractivity contribution in [3.63, 3.8) is 0 Å². The third-order valence-corrected chi connectivity index (χ3v) is 6.06. The lowest BCUT2D eigenvalue weighted by molar-refractivity contribution is 0.102. The van der Waals surface area contributed by atoms with E-state index in [1.165, 1.54) is 0 Å². The van der Waals surface area contributed by atoms with Crippen LogP contribution in [0.4, 0.5) is 5.82 Å². The van der Waals surface area contributed by atoms with Crippen LogP contribution in [0.2, 0.25) is 0 Å². The summed E-state index contributed by atoms with van der Waals surface area (Å²) < 4.78 is 0. The van der Waals surface area contributed by atoms with Crippen molar-refractivity contribution in [2.45, 2.75) is 25.7 Å². The van der Waals surface area contributed by atoms with Crippen LogP contribution in [0.25, 0.3) is 22.2 Å². The Morgan fingerprint density at radius 1 is 1.15 bits per heavy atom. The Balaban J connectivity index is 1.44. The van der Waals surface area contributed by atoms with Crippen molar-refractivity contribution in [3.8, 4) is 11.1 Å². The number of aromatic nitrogens is 4. The topological polar surface area (TPSA) is 86.8 Å². The Hall–Kier alpha value is -4.00. The molecule has 1 aliphatic rings. The number of carbonyl (C=O) groups is 1. The Labute approximate surface area is 192 Å². The molecule has 0 spiro atoms. The van der Waals surface area contributed by atoms with E-state index in [9.17, 15) is 4.79 Å². The van der Waals surface area contributed by atoms with Gasteiger partial charge in [-0.15, -0.1) is 0 Å². The van der Waals surface area contributed by atoms with E-state index in [0.29, 0.717) is 17.3 Å². The third-order valence-electron chi connectivity index (χ3n) is 6.06. The van der Waals surface area contributed by atoms with Gasteiger partial charge in [0, 0.05) is 47.9 Å². The summed E-state index contributed by atoms with van der Waals surface area (Å²) in [6.07, 6.45) is 11.8. The van der Waals surface area contributed by atoms with Crippen molar-refractivity contribution in [1.29, 1.82) is 0 Å². The number of benzene rings is 1. The van der Waals surface area contributed by atoms with E-state index in [0.717, 1.165) is 53.8 Å². The summed E-state index contributed by atoms with van der Waals surface area (Å²) in [6.45, 7) is 4.09. The molecular formula is C26H26N6O. The molecular weight excluding hydrogens is 412 g/mol. The number of aromatic amines is 1. The number of pyridine rings is 1. The Morgan fingerprint density at radius 2 is 2.03 bits per heavy atom. The molecule has 1 aromatic carbocycles. The van der Waals surface area contributed by atoms with E-state index >= 15 is 0 Å². The van der Waals surface area contributed by atoms with Gasteiger partial charge in [0.05, 0.1) is 5.69 Å². The van der Waals surface area contributed by atoms with Gasteiger partial charge in [-0.25, -0.2) is 15.0 Å². The highest BCUT2D eigenvalue weighted by molar-refractivity contribution is 6.04. The smallest absolute Gasteiger partial charge is 0.256 e. The van der Waals surface area contributed by atoms with Crippen LogP contribution < -0.4 is 5.32 Å². The summed E-state index contributed by atoms with van der Waals surface area (Å²) >= 11 is 0. The van der Waals surface area contributed by atoms with Gasteiger partial charge >= 0.3 is 0 Å². The molecule has 7 heteroatoms. The first-order chi connectivity index (χ1) is 16.2. The van der Waals surface area contributed by atoms with Gasteiger partial charge in [-0.05, 0) is 55.8 Å². The molecule has 0 bridgehead atoms. The number of likely N-dealkylation sites (tertiary alicyclic amines) is 1. The third kappa shape index (κ3) is 4.35. The van der Waals surface area contributed by atoms with E-state index in [2.05, 4.69) is 44.4 Å². The molecule has 1 atom stereocenters. The van der Waals surface area contributed by atoms with Gasteiger partial charge in [0.2, 0.25) is 0 Å². The maximum Gasteiger partial charge on any atom is 0.256 e. The van der Waals surface area contributed by atoms with E-state index in [4.69, 9.17) is 4.98 Å². The van der Waals surface area contributed by atoms with Gasteiger partial charge in [0.25, 0.3) is 5.91 Å². The zero-order valence-electron chi connectivity index (χ0n) is 18.5. The van der Waals surface area contributed by atoms with Gasteiger partial charge in [-0.3, -0.25) is 4.79 Å². The molecule has 33 heavy (non-hydrogen) atoms. The maximum atomic E-state index is 12.6. The second-order valence-electron chi connectivity index (χ2n) is 8.25. The molecule has 2 N–H and O–H groups in total. The fourth-order valence-corrected chi connectivity index (χ4v) is 4.53. The molecule has 0 aliphatic carbocycles. The second kappa shape index (κ2) is 9.24. The summed E-state index contributed by atoms with van der Waals surface area (Å²) in [5.41, 5.74) is 4.58. The lowest BCUT2D eigenvalue weighted by Gasteiger charge is -2.31. The molecule has 1 amide bonds. The first-order valence-electron chi connectivity index (χ1n) is 11.2. The second-order valence-corrected chi connectivity index (χ2v) is 8.25. The fraction of sp³-hybridized carbons (Fsp3) is 0.231. The summed E-state index contributed by atoms with van der Waals surface area (Å²) in [4.78, 5) is 31.6. The highest BCUT2D eigenvalue weighted by Crippen LogP contribution is 2.36. The van der Waals surface area contributed by atoms with Gasteiger partial charge in [-0.1, -0.05) is 24.3 Å². The molecule has 4 heterocycles. The minimum absolute atomic E-state index is 0.186. The van der Waals surface area contributed by atoms with Crippen LogP contribution in [0, 0.1) is 0 Å². The molecule has 7 nitrogen and oxygen atoms in total. The van der Waals surface area contributed by atoms with Crippen LogP contribution in [-0.4, -0.2) is 43.8 Å². The van der Waals surface area contributed by atoms with Crippen molar-refractivity contribution in [3.05, 3.63) is 84.7 Å². The van der Waals surface area contributed by atoms with E-state index < -0.39 is 0 Å². The van der Waals surface area contributed by atoms with Gasteiger partial charge < -0.3 is 15.2 Å². The van der Waals surface area contributed by atoms with E-state index in [1.54, 1.807) is 18.6 Å². The molecule has 3 aromatic heterocycles. The lowest BCUT2D eigenvalue weighted by Crippen LogP contribution is -2.30. The van der Waals surface area contributed by atoms with Crippen LogP contribution in [0.3, 0.4) is 0 Å². The van der Waals surface area contributed by atoms with Crippen LogP contribution in [-0.2, 0) is 0 Å². The van der Waals surface area contributed by atoms with Crippen molar-refractivity contribution in [2.75, 3.05) is 18.4 Å². The molecule has 5 rings (SSSR count). The van der Waals surface area contributed by atoms with Gasteiger partial charge in [0.15, 0.2) is 0 Å². The predicted octanol–water partition coefficient (Wildman–Crippen LogP) is 4.99. The number of nitrogens with zero attached hydrogens (tertiary/aromatic N) is 4. The van der Waals surface area contributed by atoms with Crippen molar-refractivity contribution < 1.29 is 4.79 Å². The highest BCUT2D eigenvalue weighted by atomic mass is 16.1. The summed E-state index contributed by atoms with van der Waals surface area (Å²) in [5.74, 6) is 0.692. The number of piperidine rings is 1. The molecule has 4 aromatic rings. The Bertz CT molecular complexity index is 1280. The largest absolute Gasteiger partial charge is 0.377 e. The van der Waals surface area contributed by atoms with Crippen LogP contribution in [0.5, 0.6) is 0 Å². The van der Waals surface area contributed by atoms with E-state index in [1.807, 2.05) is 42.6 Å². The number of allylic oxidation sites excluding steroid dienone is 1. The Morgan fingerprint density at radius 3 is 2.82 bits per heavy atom. The molecule has 0 radical (unpaired) electrons. The number of hydrogen-bond donors (Lipinski definition) is 2. The first-order valence-corrected chi connectivity index (χ1v) is 11.2. The lowest BCUT2D eigenvalue weighted by atomic mass is 9.91. The van der Waals surface area contributed by atoms with Crippen molar-refractivity contribution in [2.24, 2.45) is 0 Å². The number of hydrogen-bond acceptors (Lipinski definition) is 5. The number of amides is 1. The SMILES string of the molecule is CC=CN1CCCC(c2ncnc3[nH]cc(-c4ccc(C(=O)Nc5ccccn5)cc4)c23)C1. The summed E-state index contributed by atoms with van der Waals surface area (Å²) in [7, 11) is 0. The molecule has 1 unspecified atom stereocenters. The monoisotopic (exact) mass is 438 g/mol. The number of fused-ring (bicyclic) bond motifs is 1. The molecule has 1 saturated heterocycles. The molecule has 1 aliphatic heterocycles. The van der Waals surface area contributed by atoms with Gasteiger partial charge in [0.1, 0.15) is 17.8 Å². The van der Waals surface area contributed by atoms with Crippen molar-refractivity contribution >= 4 is 22.8 Å². The normalized spacial score (nSPS) is 16.4. The van der Waals surface area contributed by atoms with E-state index in [-0.39, 0.29) is 5.91 Å². The summed E-state index contributed by atoms with van der Waals surface area (Å²) in [6, 6.07) is 13.0. The van der Waals surface area contributed by atoms with Crippen LogP contribution in [0.1, 0.15) is 41.7 Å². The number of carbonyl (C=O) groups excluding carboxylic acids is 1. The standard InChI is InChI=1S/C26H26N6O/c1-2-13-32-14-5-6-20(16-32)24-23-21(15-28-25(23)30-17-29-24)18-8-10-19(11-9-18)26(33)31-22-7-3-4-12-27-22/h2-4,7-13,15,17,20H,5-6,14,16H2,1H3,(H,27,31,33)(H,28,29,30). The molecule has 1 fully saturated rings. The number of rotatable bonds is 5. The summed E-state index contributed by atoms with van der Waals surface area (Å²) in [5, 5.41) is 3.89. The molecule has 0 saturated carbocycles. The zero-order chi connectivity index (χ0) is 22.6. The number of nitrogens with one attached hydrogen (secondary N) is 2. The predicted molar refractivity (Wildman–Crippen MR) is 130 cm³/mol. The number of H-pyrrole nitrogens is 1. The average molecular weight is 439 g/mol. The fourth-order valence-electron chi connectivity index (χ4n) is 4.53. The molecule has 166 valence electrons. The van der Waals surface area contributed by atoms with Gasteiger partial charge in [-0.2, -0.15) is 0 Å². The minimum Gasteiger partial charge on any atom is -0.377 e. The van der Waals surface area contributed by atoms with Crippen molar-refractivity contribution in [1.82, 2.24) is 24.8 Å². The quantitative estimate of drug-likeness (QED) is 0.459. The Kier molecular flexibility index (Phi) is 5.85. The van der Waals surface area contributed by atoms with Crippen LogP contribution in [0.15, 0.2) is 73.5 Å². The average Bonchev–Trinajstić information content (AvgIpc) is 3.30. The first kappa shape index (κ1) is 20.9. The maximum absolute atomic E-state index is 12.6. The minimum atomic E-state index is -0.186.